The zero-order chi connectivity index (χ0) is 15.0. The van der Waals surface area contributed by atoms with E-state index in [1.165, 1.54) is 18.2 Å². The molecule has 1 unspecified atom stereocenters. The molecular weight excluding hydrogens is 264 g/mol. The number of carbonyl (C=O) groups excluding carboxylic acids is 1. The number of amides is 2. The van der Waals surface area contributed by atoms with E-state index in [-0.39, 0.29) is 5.69 Å². The van der Waals surface area contributed by atoms with Crippen LogP contribution in [0.3, 0.4) is 0 Å². The highest BCUT2D eigenvalue weighted by molar-refractivity contribution is 5.89. The van der Waals surface area contributed by atoms with Gasteiger partial charge in [-0.15, -0.1) is 0 Å². The number of aliphatic hydroxyl groups is 1. The Labute approximate surface area is 116 Å². The van der Waals surface area contributed by atoms with Gasteiger partial charge in [-0.05, 0) is 13.0 Å². The number of aliphatic hydroxyl groups excluding tert-OH is 1. The molecule has 8 nitrogen and oxygen atoms in total. The quantitative estimate of drug-likeness (QED) is 0.333. The summed E-state index contributed by atoms with van der Waals surface area (Å²) in [6.45, 7) is 3.02. The zero-order valence-electron chi connectivity index (χ0n) is 11.1. The lowest BCUT2D eigenvalue weighted by atomic mass is 10.3. The molecule has 0 bridgehead atoms. The molecule has 0 fully saturated rings. The largest absolute Gasteiger partial charge is 0.392 e. The summed E-state index contributed by atoms with van der Waals surface area (Å²) in [5.74, 6) is 0. The van der Waals surface area contributed by atoms with Crippen molar-refractivity contribution in [3.8, 4) is 0 Å². The highest BCUT2D eigenvalue weighted by atomic mass is 16.6. The third-order valence-corrected chi connectivity index (χ3v) is 2.34. The first-order valence-electron chi connectivity index (χ1n) is 6.17. The molecule has 1 rings (SSSR count). The maximum atomic E-state index is 11.5. The van der Waals surface area contributed by atoms with Gasteiger partial charge in [0.1, 0.15) is 0 Å². The van der Waals surface area contributed by atoms with Gasteiger partial charge in [0, 0.05) is 37.5 Å². The van der Waals surface area contributed by atoms with E-state index in [0.717, 1.165) is 0 Å². The molecule has 110 valence electrons. The van der Waals surface area contributed by atoms with Crippen molar-refractivity contribution in [3.63, 3.8) is 0 Å². The topological polar surface area (TPSA) is 117 Å². The van der Waals surface area contributed by atoms with Crippen molar-refractivity contribution < 1.29 is 14.8 Å². The van der Waals surface area contributed by atoms with Gasteiger partial charge in [-0.2, -0.15) is 0 Å². The van der Waals surface area contributed by atoms with Crippen molar-refractivity contribution in [2.45, 2.75) is 13.0 Å². The van der Waals surface area contributed by atoms with Crippen LogP contribution >= 0.6 is 0 Å². The number of rotatable bonds is 7. The molecule has 20 heavy (non-hydrogen) atoms. The second kappa shape index (κ2) is 8.08. The number of urea groups is 1. The second-order valence-electron chi connectivity index (χ2n) is 4.24. The highest BCUT2D eigenvalue weighted by Gasteiger charge is 2.07. The lowest BCUT2D eigenvalue weighted by Gasteiger charge is -2.09. The van der Waals surface area contributed by atoms with E-state index in [1.807, 2.05) is 0 Å². The third-order valence-electron chi connectivity index (χ3n) is 2.34. The first kappa shape index (κ1) is 15.9. The fourth-order valence-electron chi connectivity index (χ4n) is 1.45. The third kappa shape index (κ3) is 6.12. The van der Waals surface area contributed by atoms with E-state index in [2.05, 4.69) is 16.0 Å². The summed E-state index contributed by atoms with van der Waals surface area (Å²) in [4.78, 5) is 21.6. The minimum absolute atomic E-state index is 0.0820. The molecule has 1 aromatic rings. The number of benzene rings is 1. The summed E-state index contributed by atoms with van der Waals surface area (Å²) >= 11 is 0. The fraction of sp³-hybridized carbons (Fsp3) is 0.417. The summed E-state index contributed by atoms with van der Waals surface area (Å²) in [7, 11) is 0. The van der Waals surface area contributed by atoms with Crippen LogP contribution in [0.4, 0.5) is 16.2 Å². The summed E-state index contributed by atoms with van der Waals surface area (Å²) in [6.07, 6.45) is -0.436. The summed E-state index contributed by atoms with van der Waals surface area (Å²) in [5, 5.41) is 27.6. The van der Waals surface area contributed by atoms with Crippen LogP contribution in [-0.2, 0) is 0 Å². The number of nitrogens with one attached hydrogen (secondary N) is 3. The van der Waals surface area contributed by atoms with Crippen molar-refractivity contribution in [1.82, 2.24) is 10.6 Å². The normalized spacial score (nSPS) is 11.7. The molecule has 0 aliphatic carbocycles. The number of hydrogen-bond donors (Lipinski definition) is 4. The molecule has 1 atom stereocenters. The van der Waals surface area contributed by atoms with Gasteiger partial charge in [0.05, 0.1) is 11.0 Å². The van der Waals surface area contributed by atoms with Gasteiger partial charge in [0.25, 0.3) is 5.69 Å². The molecular formula is C12H18N4O4. The monoisotopic (exact) mass is 282 g/mol. The molecule has 0 spiro atoms. The Bertz CT molecular complexity index is 465. The zero-order valence-corrected chi connectivity index (χ0v) is 11.1. The standard InChI is InChI=1S/C12H18N4O4/c1-9(17)8-13-5-6-14-12(18)15-10-3-2-4-11(7-10)16(19)20/h2-4,7,9,13,17H,5-6,8H2,1H3,(H2,14,15,18). The average molecular weight is 282 g/mol. The van der Waals surface area contributed by atoms with Crippen molar-refractivity contribution in [2.24, 2.45) is 0 Å². The maximum absolute atomic E-state index is 11.5. The molecule has 2 amide bonds. The molecule has 0 radical (unpaired) electrons. The van der Waals surface area contributed by atoms with Crippen LogP contribution in [0.15, 0.2) is 24.3 Å². The van der Waals surface area contributed by atoms with Gasteiger partial charge in [-0.3, -0.25) is 10.1 Å². The van der Waals surface area contributed by atoms with Crippen molar-refractivity contribution in [2.75, 3.05) is 25.0 Å². The predicted octanol–water partition coefficient (Wildman–Crippen LogP) is 0.687. The summed E-state index contributed by atoms with van der Waals surface area (Å²) < 4.78 is 0. The van der Waals surface area contributed by atoms with E-state index in [9.17, 15) is 14.9 Å². The molecule has 0 aliphatic rings. The molecule has 1 aromatic carbocycles. The minimum Gasteiger partial charge on any atom is -0.392 e. The van der Waals surface area contributed by atoms with Crippen molar-refractivity contribution in [1.29, 1.82) is 0 Å². The number of nitrogens with zero attached hydrogens (tertiary/aromatic N) is 1. The van der Waals surface area contributed by atoms with Crippen LogP contribution in [0.25, 0.3) is 0 Å². The van der Waals surface area contributed by atoms with Crippen LogP contribution in [0.1, 0.15) is 6.92 Å². The molecule has 4 N–H and O–H groups in total. The Kier molecular flexibility index (Phi) is 6.41. The average Bonchev–Trinajstić information content (AvgIpc) is 2.38. The number of carbonyl (C=O) groups is 1. The van der Waals surface area contributed by atoms with E-state index in [4.69, 9.17) is 5.11 Å². The first-order chi connectivity index (χ1) is 9.49. The smallest absolute Gasteiger partial charge is 0.319 e. The van der Waals surface area contributed by atoms with Crippen molar-refractivity contribution >= 4 is 17.4 Å². The summed E-state index contributed by atoms with van der Waals surface area (Å²) in [5.41, 5.74) is 0.273. The van der Waals surface area contributed by atoms with Crippen LogP contribution in [0.5, 0.6) is 0 Å². The SMILES string of the molecule is CC(O)CNCCNC(=O)Nc1cccc([N+](=O)[O-])c1. The number of non-ortho nitro benzene ring substituents is 1. The number of anilines is 1. The minimum atomic E-state index is -0.525. The lowest BCUT2D eigenvalue weighted by molar-refractivity contribution is -0.384. The number of nitro groups is 1. The second-order valence-corrected chi connectivity index (χ2v) is 4.24. The predicted molar refractivity (Wildman–Crippen MR) is 74.7 cm³/mol. The van der Waals surface area contributed by atoms with Gasteiger partial charge in [0.2, 0.25) is 0 Å². The summed E-state index contributed by atoms with van der Waals surface area (Å²) in [6, 6.07) is 5.26. The molecule has 0 aliphatic heterocycles. The van der Waals surface area contributed by atoms with Gasteiger partial charge >= 0.3 is 6.03 Å². The first-order valence-corrected chi connectivity index (χ1v) is 6.17. The Hall–Kier alpha value is -2.19. The lowest BCUT2D eigenvalue weighted by Crippen LogP contribution is -2.36. The van der Waals surface area contributed by atoms with Crippen LogP contribution in [0, 0.1) is 10.1 Å². The molecule has 0 saturated heterocycles. The van der Waals surface area contributed by atoms with Gasteiger partial charge in [0.15, 0.2) is 0 Å². The fourth-order valence-corrected chi connectivity index (χ4v) is 1.45. The van der Waals surface area contributed by atoms with Gasteiger partial charge in [-0.1, -0.05) is 6.07 Å². The van der Waals surface area contributed by atoms with E-state index < -0.39 is 17.1 Å². The number of nitro benzene ring substituents is 1. The van der Waals surface area contributed by atoms with Gasteiger partial charge in [-0.25, -0.2) is 4.79 Å². The van der Waals surface area contributed by atoms with Crippen molar-refractivity contribution in [3.05, 3.63) is 34.4 Å². The van der Waals surface area contributed by atoms with Crippen LogP contribution in [-0.4, -0.2) is 41.8 Å². The molecule has 0 saturated carbocycles. The maximum Gasteiger partial charge on any atom is 0.319 e. The Morgan fingerprint density at radius 2 is 2.20 bits per heavy atom. The number of hydrogen-bond acceptors (Lipinski definition) is 5. The Morgan fingerprint density at radius 1 is 1.45 bits per heavy atom. The van der Waals surface area contributed by atoms with E-state index in [0.29, 0.717) is 25.3 Å². The van der Waals surface area contributed by atoms with Gasteiger partial charge < -0.3 is 21.1 Å². The van der Waals surface area contributed by atoms with E-state index in [1.54, 1.807) is 13.0 Å². The van der Waals surface area contributed by atoms with Crippen LogP contribution in [0.2, 0.25) is 0 Å². The highest BCUT2D eigenvalue weighted by Crippen LogP contribution is 2.16. The molecule has 0 aromatic heterocycles. The molecule has 8 heteroatoms. The Balaban J connectivity index is 2.32. The Morgan fingerprint density at radius 3 is 2.85 bits per heavy atom. The van der Waals surface area contributed by atoms with Crippen LogP contribution < -0.4 is 16.0 Å². The molecule has 0 heterocycles. The van der Waals surface area contributed by atoms with E-state index >= 15 is 0 Å².